The zero-order chi connectivity index (χ0) is 10.4. The van der Waals surface area contributed by atoms with Crippen LogP contribution in [0.4, 0.5) is 5.69 Å². The normalized spacial score (nSPS) is 9.21. The lowest BCUT2D eigenvalue weighted by Crippen LogP contribution is -2.06. The molecule has 0 aliphatic rings. The van der Waals surface area contributed by atoms with Crippen molar-refractivity contribution in [3.8, 4) is 0 Å². The lowest BCUT2D eigenvalue weighted by molar-refractivity contribution is 0.0551. The van der Waals surface area contributed by atoms with Crippen molar-refractivity contribution in [3.63, 3.8) is 0 Å². The fourth-order valence-electron chi connectivity index (χ4n) is 0.956. The first-order chi connectivity index (χ1) is 6.79. The fraction of sp³-hybridized carbons (Fsp3) is 0.100. The Kier molecular flexibility index (Phi) is 4.01. The van der Waals surface area contributed by atoms with Crippen LogP contribution in [0.1, 0.15) is 10.4 Å². The van der Waals surface area contributed by atoms with Gasteiger partial charge in [0.25, 0.3) is 0 Å². The molecular formula is C10H10ClNO2. The number of esters is 1. The zero-order valence-corrected chi connectivity index (χ0v) is 8.25. The summed E-state index contributed by atoms with van der Waals surface area (Å²) in [6.07, 6.45) is 1.51. The van der Waals surface area contributed by atoms with Crippen molar-refractivity contribution < 1.29 is 9.53 Å². The number of rotatable bonds is 4. The number of anilines is 1. The van der Waals surface area contributed by atoms with Gasteiger partial charge in [-0.2, -0.15) is 0 Å². The summed E-state index contributed by atoms with van der Waals surface area (Å²) in [6, 6.07) is 6.84. The van der Waals surface area contributed by atoms with E-state index in [1.54, 1.807) is 24.3 Å². The number of ether oxygens (including phenoxy) is 1. The molecule has 0 amide bonds. The van der Waals surface area contributed by atoms with Crippen LogP contribution >= 0.6 is 11.8 Å². The van der Waals surface area contributed by atoms with Gasteiger partial charge < -0.3 is 4.74 Å². The molecule has 0 unspecified atom stereocenters. The van der Waals surface area contributed by atoms with Gasteiger partial charge in [0.15, 0.2) is 0 Å². The third-order valence-corrected chi connectivity index (χ3v) is 1.78. The minimum atomic E-state index is -0.423. The molecule has 74 valence electrons. The first-order valence-corrected chi connectivity index (χ1v) is 4.41. The number of hydrogen-bond acceptors (Lipinski definition) is 3. The van der Waals surface area contributed by atoms with Gasteiger partial charge in [0.1, 0.15) is 6.61 Å². The van der Waals surface area contributed by atoms with E-state index in [2.05, 4.69) is 11.4 Å². The van der Waals surface area contributed by atoms with Gasteiger partial charge in [0, 0.05) is 11.8 Å². The minimum Gasteiger partial charge on any atom is -0.458 e. The van der Waals surface area contributed by atoms with Gasteiger partial charge in [-0.05, 0) is 12.1 Å². The van der Waals surface area contributed by atoms with Gasteiger partial charge in [-0.3, -0.25) is 4.84 Å². The SMILES string of the molecule is C=CCOC(=O)c1ccccc1NCl. The molecule has 0 saturated heterocycles. The Balaban J connectivity index is 2.82. The molecule has 0 aliphatic heterocycles. The topological polar surface area (TPSA) is 38.3 Å². The van der Waals surface area contributed by atoms with Crippen molar-refractivity contribution in [1.29, 1.82) is 0 Å². The van der Waals surface area contributed by atoms with E-state index in [9.17, 15) is 4.79 Å². The first kappa shape index (κ1) is 10.6. The second-order valence-electron chi connectivity index (χ2n) is 2.53. The molecule has 0 heterocycles. The molecule has 0 atom stereocenters. The molecule has 1 N–H and O–H groups in total. The molecule has 0 spiro atoms. The Morgan fingerprint density at radius 2 is 2.29 bits per heavy atom. The lowest BCUT2D eigenvalue weighted by Gasteiger charge is -2.05. The van der Waals surface area contributed by atoms with Crippen molar-refractivity contribution in [2.24, 2.45) is 0 Å². The fourth-order valence-corrected chi connectivity index (χ4v) is 1.12. The average molecular weight is 212 g/mol. The Morgan fingerprint density at radius 3 is 2.93 bits per heavy atom. The molecule has 4 heteroatoms. The summed E-state index contributed by atoms with van der Waals surface area (Å²) in [6.45, 7) is 3.64. The maximum atomic E-state index is 11.4. The van der Waals surface area contributed by atoms with Crippen LogP contribution in [0.2, 0.25) is 0 Å². The van der Waals surface area contributed by atoms with E-state index in [1.165, 1.54) is 6.08 Å². The number of para-hydroxylation sites is 1. The molecular weight excluding hydrogens is 202 g/mol. The van der Waals surface area contributed by atoms with Crippen LogP contribution in [0.3, 0.4) is 0 Å². The maximum absolute atomic E-state index is 11.4. The van der Waals surface area contributed by atoms with E-state index in [0.29, 0.717) is 11.3 Å². The van der Waals surface area contributed by atoms with E-state index in [4.69, 9.17) is 16.5 Å². The highest BCUT2D eigenvalue weighted by atomic mass is 35.5. The Bertz CT molecular complexity index is 339. The average Bonchev–Trinajstić information content (AvgIpc) is 2.25. The number of halogens is 1. The standard InChI is InChI=1S/C10H10ClNO2/c1-2-7-14-10(13)8-5-3-4-6-9(8)12-11/h2-6,12H,1,7H2. The summed E-state index contributed by atoms with van der Waals surface area (Å²) < 4.78 is 4.86. The summed E-state index contributed by atoms with van der Waals surface area (Å²) in [7, 11) is 0. The van der Waals surface area contributed by atoms with Crippen LogP contribution in [-0.2, 0) is 4.74 Å². The Labute approximate surface area is 87.4 Å². The van der Waals surface area contributed by atoms with Crippen LogP contribution in [0.15, 0.2) is 36.9 Å². The quantitative estimate of drug-likeness (QED) is 0.473. The second-order valence-corrected chi connectivity index (χ2v) is 2.72. The number of carbonyl (C=O) groups is 1. The molecule has 0 radical (unpaired) electrons. The summed E-state index contributed by atoms with van der Waals surface area (Å²) in [5.41, 5.74) is 0.938. The van der Waals surface area contributed by atoms with Crippen LogP contribution < -0.4 is 4.84 Å². The largest absolute Gasteiger partial charge is 0.458 e. The molecule has 0 aromatic heterocycles. The predicted molar refractivity (Wildman–Crippen MR) is 56.4 cm³/mol. The van der Waals surface area contributed by atoms with Crippen LogP contribution in [0, 0.1) is 0 Å². The van der Waals surface area contributed by atoms with Gasteiger partial charge in [-0.25, -0.2) is 4.79 Å². The third-order valence-electron chi connectivity index (χ3n) is 1.58. The molecule has 0 aliphatic carbocycles. The Hall–Kier alpha value is -1.48. The Morgan fingerprint density at radius 1 is 1.57 bits per heavy atom. The van der Waals surface area contributed by atoms with E-state index in [0.717, 1.165) is 0 Å². The maximum Gasteiger partial charge on any atom is 0.340 e. The van der Waals surface area contributed by atoms with Crippen molar-refractivity contribution >= 4 is 23.4 Å². The molecule has 0 saturated carbocycles. The van der Waals surface area contributed by atoms with Crippen LogP contribution in [0.25, 0.3) is 0 Å². The number of benzene rings is 1. The molecule has 0 fully saturated rings. The van der Waals surface area contributed by atoms with Crippen molar-refractivity contribution in [3.05, 3.63) is 42.5 Å². The van der Waals surface area contributed by atoms with Gasteiger partial charge in [0.2, 0.25) is 0 Å². The van der Waals surface area contributed by atoms with Gasteiger partial charge in [0.05, 0.1) is 11.3 Å². The number of nitrogens with one attached hydrogen (secondary N) is 1. The van der Waals surface area contributed by atoms with E-state index >= 15 is 0 Å². The van der Waals surface area contributed by atoms with E-state index in [-0.39, 0.29) is 6.61 Å². The van der Waals surface area contributed by atoms with Gasteiger partial charge in [-0.15, -0.1) is 0 Å². The van der Waals surface area contributed by atoms with Crippen LogP contribution in [-0.4, -0.2) is 12.6 Å². The predicted octanol–water partition coefficient (Wildman–Crippen LogP) is 2.60. The van der Waals surface area contributed by atoms with Crippen molar-refractivity contribution in [2.45, 2.75) is 0 Å². The summed E-state index contributed by atoms with van der Waals surface area (Å²) in [4.78, 5) is 13.8. The zero-order valence-electron chi connectivity index (χ0n) is 7.50. The van der Waals surface area contributed by atoms with Gasteiger partial charge in [-0.1, -0.05) is 24.8 Å². The lowest BCUT2D eigenvalue weighted by atomic mass is 10.2. The molecule has 1 aromatic carbocycles. The van der Waals surface area contributed by atoms with E-state index in [1.807, 2.05) is 0 Å². The molecule has 1 aromatic rings. The molecule has 3 nitrogen and oxygen atoms in total. The highest BCUT2D eigenvalue weighted by Crippen LogP contribution is 2.16. The van der Waals surface area contributed by atoms with Gasteiger partial charge >= 0.3 is 5.97 Å². The smallest absolute Gasteiger partial charge is 0.340 e. The van der Waals surface area contributed by atoms with Crippen LogP contribution in [0.5, 0.6) is 0 Å². The molecule has 0 bridgehead atoms. The van der Waals surface area contributed by atoms with E-state index < -0.39 is 5.97 Å². The molecule has 1 rings (SSSR count). The second kappa shape index (κ2) is 5.29. The first-order valence-electron chi connectivity index (χ1n) is 4.03. The highest BCUT2D eigenvalue weighted by Gasteiger charge is 2.10. The summed E-state index contributed by atoms with van der Waals surface area (Å²) in [5, 5.41) is 0. The summed E-state index contributed by atoms with van der Waals surface area (Å²) in [5.74, 6) is -0.423. The van der Waals surface area contributed by atoms with Crippen molar-refractivity contribution in [2.75, 3.05) is 11.4 Å². The third kappa shape index (κ3) is 2.50. The number of hydrogen-bond donors (Lipinski definition) is 1. The monoisotopic (exact) mass is 211 g/mol. The number of carbonyl (C=O) groups excluding carboxylic acids is 1. The van der Waals surface area contributed by atoms with Crippen molar-refractivity contribution in [1.82, 2.24) is 0 Å². The molecule has 14 heavy (non-hydrogen) atoms. The summed E-state index contributed by atoms with van der Waals surface area (Å²) >= 11 is 5.43. The minimum absolute atomic E-state index is 0.190. The highest BCUT2D eigenvalue weighted by molar-refractivity contribution is 6.25.